The maximum absolute atomic E-state index is 12.4. The van der Waals surface area contributed by atoms with E-state index in [4.69, 9.17) is 5.73 Å². The van der Waals surface area contributed by atoms with Gasteiger partial charge in [0.25, 0.3) is 0 Å². The smallest absolute Gasteiger partial charge is 0.233 e. The highest BCUT2D eigenvalue weighted by Gasteiger charge is 2.24. The van der Waals surface area contributed by atoms with Crippen LogP contribution in [0.3, 0.4) is 0 Å². The van der Waals surface area contributed by atoms with Crippen LogP contribution in [0.25, 0.3) is 0 Å². The minimum absolute atomic E-state index is 0.00456. The molecule has 3 rings (SSSR count). The lowest BCUT2D eigenvalue weighted by atomic mass is 9.88. The van der Waals surface area contributed by atoms with Gasteiger partial charge in [0.2, 0.25) is 17.0 Å². The van der Waals surface area contributed by atoms with Gasteiger partial charge in [-0.15, -0.1) is 5.10 Å². The fraction of sp³-hybridized carbons (Fsp3) is 0.400. The second-order valence-corrected chi connectivity index (χ2v) is 6.72. The van der Waals surface area contributed by atoms with Crippen molar-refractivity contribution in [2.75, 3.05) is 5.73 Å². The molecule has 1 amide bonds. The third kappa shape index (κ3) is 3.24. The van der Waals surface area contributed by atoms with E-state index in [0.29, 0.717) is 5.16 Å². The zero-order chi connectivity index (χ0) is 15.5. The Hall–Kier alpha value is -2.02. The van der Waals surface area contributed by atoms with Gasteiger partial charge in [-0.3, -0.25) is 4.79 Å². The lowest BCUT2D eigenvalue weighted by molar-refractivity contribution is -0.121. The fourth-order valence-electron chi connectivity index (χ4n) is 2.72. The van der Waals surface area contributed by atoms with E-state index < -0.39 is 0 Å². The first-order valence-electron chi connectivity index (χ1n) is 7.36. The van der Waals surface area contributed by atoms with Gasteiger partial charge in [-0.2, -0.15) is 4.98 Å². The highest BCUT2D eigenvalue weighted by atomic mass is 32.2. The molecule has 0 unspecified atom stereocenters. The average molecular weight is 317 g/mol. The van der Waals surface area contributed by atoms with E-state index in [0.717, 1.165) is 19.3 Å². The molecule has 0 spiro atoms. The molecule has 1 aromatic carbocycles. The predicted octanol–water partition coefficient (Wildman–Crippen LogP) is 2.06. The van der Waals surface area contributed by atoms with E-state index in [1.807, 2.05) is 13.0 Å². The van der Waals surface area contributed by atoms with Crippen molar-refractivity contribution in [3.8, 4) is 0 Å². The van der Waals surface area contributed by atoms with Crippen molar-refractivity contribution in [2.24, 2.45) is 0 Å². The number of carbonyl (C=O) groups is 1. The minimum atomic E-state index is -0.274. The molecule has 0 aliphatic heterocycles. The summed E-state index contributed by atoms with van der Waals surface area (Å²) in [7, 11) is 0. The molecular weight excluding hydrogens is 298 g/mol. The Morgan fingerprint density at radius 3 is 3.09 bits per heavy atom. The van der Waals surface area contributed by atoms with Crippen molar-refractivity contribution in [1.82, 2.24) is 20.5 Å². The number of nitrogens with one attached hydrogen (secondary N) is 2. The van der Waals surface area contributed by atoms with Crippen LogP contribution in [0, 0.1) is 0 Å². The molecule has 0 saturated carbocycles. The van der Waals surface area contributed by atoms with E-state index >= 15 is 0 Å². The summed E-state index contributed by atoms with van der Waals surface area (Å²) in [4.78, 5) is 16.4. The van der Waals surface area contributed by atoms with Gasteiger partial charge in [0.15, 0.2) is 0 Å². The van der Waals surface area contributed by atoms with Crippen molar-refractivity contribution < 1.29 is 4.79 Å². The van der Waals surface area contributed by atoms with Crippen LogP contribution in [0.2, 0.25) is 0 Å². The number of anilines is 1. The molecule has 116 valence electrons. The Labute approximate surface area is 133 Å². The molecule has 0 bridgehead atoms. The lowest BCUT2D eigenvalue weighted by Crippen LogP contribution is -2.35. The van der Waals surface area contributed by atoms with Crippen LogP contribution in [0.5, 0.6) is 0 Å². The quantitative estimate of drug-likeness (QED) is 0.750. The summed E-state index contributed by atoms with van der Waals surface area (Å²) in [5, 5.41) is 9.88. The van der Waals surface area contributed by atoms with Crippen molar-refractivity contribution in [1.29, 1.82) is 0 Å². The number of rotatable bonds is 4. The van der Waals surface area contributed by atoms with Gasteiger partial charge in [0, 0.05) is 0 Å². The molecule has 0 radical (unpaired) electrons. The Morgan fingerprint density at radius 1 is 1.50 bits per heavy atom. The van der Waals surface area contributed by atoms with Crippen molar-refractivity contribution in [3.63, 3.8) is 0 Å². The number of benzene rings is 1. The average Bonchev–Trinajstić information content (AvgIpc) is 2.92. The van der Waals surface area contributed by atoms with Gasteiger partial charge >= 0.3 is 0 Å². The number of thioether (sulfide) groups is 1. The summed E-state index contributed by atoms with van der Waals surface area (Å²) in [5.41, 5.74) is 8.06. The zero-order valence-electron chi connectivity index (χ0n) is 12.4. The normalized spacial score (nSPS) is 18.5. The van der Waals surface area contributed by atoms with Crippen LogP contribution in [-0.4, -0.2) is 26.3 Å². The van der Waals surface area contributed by atoms with E-state index in [-0.39, 0.29) is 23.1 Å². The highest BCUT2D eigenvalue weighted by molar-refractivity contribution is 8.00. The SMILES string of the molecule is C[C@H](Sc1n[nH]c(N)n1)C(=O)N[C@H]1CCCc2ccccc21. The number of hydrogen-bond acceptors (Lipinski definition) is 5. The topological polar surface area (TPSA) is 96.7 Å². The van der Waals surface area contributed by atoms with Gasteiger partial charge in [-0.1, -0.05) is 36.0 Å². The number of hydrogen-bond donors (Lipinski definition) is 3. The number of aromatic amines is 1. The summed E-state index contributed by atoms with van der Waals surface area (Å²) in [5.74, 6) is 0.256. The van der Waals surface area contributed by atoms with Crippen LogP contribution in [0.15, 0.2) is 29.4 Å². The molecule has 2 atom stereocenters. The predicted molar refractivity (Wildman–Crippen MR) is 86.4 cm³/mol. The van der Waals surface area contributed by atoms with Gasteiger partial charge in [0.1, 0.15) is 0 Å². The molecule has 1 heterocycles. The minimum Gasteiger partial charge on any atom is -0.368 e. The zero-order valence-corrected chi connectivity index (χ0v) is 13.2. The molecule has 1 aromatic heterocycles. The monoisotopic (exact) mass is 317 g/mol. The Morgan fingerprint density at radius 2 is 2.32 bits per heavy atom. The number of nitrogens with zero attached hydrogens (tertiary/aromatic N) is 2. The number of fused-ring (bicyclic) bond motifs is 1. The van der Waals surface area contributed by atoms with Crippen LogP contribution in [0.4, 0.5) is 5.95 Å². The van der Waals surface area contributed by atoms with E-state index in [2.05, 4.69) is 38.7 Å². The van der Waals surface area contributed by atoms with Crippen LogP contribution < -0.4 is 11.1 Å². The summed E-state index contributed by atoms with van der Waals surface area (Å²) in [6.45, 7) is 1.85. The van der Waals surface area contributed by atoms with Crippen molar-refractivity contribution in [2.45, 2.75) is 42.6 Å². The number of aryl methyl sites for hydroxylation is 1. The third-order valence-corrected chi connectivity index (χ3v) is 4.78. The summed E-state index contributed by atoms with van der Waals surface area (Å²) < 4.78 is 0. The largest absolute Gasteiger partial charge is 0.368 e. The maximum atomic E-state index is 12.4. The van der Waals surface area contributed by atoms with Gasteiger partial charge in [0.05, 0.1) is 11.3 Å². The Kier molecular flexibility index (Phi) is 4.33. The highest BCUT2D eigenvalue weighted by Crippen LogP contribution is 2.30. The summed E-state index contributed by atoms with van der Waals surface area (Å²) >= 11 is 1.30. The van der Waals surface area contributed by atoms with Gasteiger partial charge in [-0.05, 0) is 37.3 Å². The number of nitrogen functional groups attached to an aromatic ring is 1. The number of nitrogens with two attached hydrogens (primary N) is 1. The number of H-pyrrole nitrogens is 1. The first-order valence-corrected chi connectivity index (χ1v) is 8.24. The second-order valence-electron chi connectivity index (χ2n) is 5.42. The fourth-order valence-corrected chi connectivity index (χ4v) is 3.46. The molecule has 6 nitrogen and oxygen atoms in total. The van der Waals surface area contributed by atoms with E-state index in [1.54, 1.807) is 0 Å². The number of carbonyl (C=O) groups excluding carboxylic acids is 1. The standard InChI is InChI=1S/C15H19N5OS/c1-9(22-15-18-14(16)19-20-15)13(21)17-12-8-4-6-10-5-2-3-7-11(10)12/h2-3,5,7,9,12H,4,6,8H2,1H3,(H,17,21)(H3,16,18,19,20)/t9-,12-/m0/s1. The van der Waals surface area contributed by atoms with Crippen LogP contribution in [-0.2, 0) is 11.2 Å². The molecule has 4 N–H and O–H groups in total. The first-order chi connectivity index (χ1) is 10.6. The molecule has 7 heteroatoms. The molecular formula is C15H19N5OS. The molecule has 1 aliphatic rings. The summed E-state index contributed by atoms with van der Waals surface area (Å²) in [6, 6.07) is 8.42. The van der Waals surface area contributed by atoms with Crippen molar-refractivity contribution in [3.05, 3.63) is 35.4 Å². The number of amides is 1. The Bertz CT molecular complexity index is 671. The molecule has 2 aromatic rings. The Balaban J connectivity index is 1.64. The molecule has 0 fully saturated rings. The molecule has 0 saturated heterocycles. The third-order valence-electron chi connectivity index (χ3n) is 3.82. The molecule has 1 aliphatic carbocycles. The maximum Gasteiger partial charge on any atom is 0.233 e. The van der Waals surface area contributed by atoms with Crippen LogP contribution in [0.1, 0.15) is 36.9 Å². The van der Waals surface area contributed by atoms with Crippen molar-refractivity contribution >= 4 is 23.6 Å². The van der Waals surface area contributed by atoms with Gasteiger partial charge in [-0.25, -0.2) is 5.10 Å². The molecule has 22 heavy (non-hydrogen) atoms. The second kappa shape index (κ2) is 6.39. The summed E-state index contributed by atoms with van der Waals surface area (Å²) in [6.07, 6.45) is 3.16. The number of aromatic nitrogens is 3. The first kappa shape index (κ1) is 14.9. The van der Waals surface area contributed by atoms with E-state index in [1.165, 1.54) is 22.9 Å². The van der Waals surface area contributed by atoms with E-state index in [9.17, 15) is 4.79 Å². The van der Waals surface area contributed by atoms with Crippen LogP contribution >= 0.6 is 11.8 Å². The van der Waals surface area contributed by atoms with Gasteiger partial charge < -0.3 is 11.1 Å². The lowest BCUT2D eigenvalue weighted by Gasteiger charge is -2.27.